The van der Waals surface area contributed by atoms with Crippen LogP contribution >= 0.6 is 0 Å². The third kappa shape index (κ3) is 2.05. The smallest absolute Gasteiger partial charge is 0.0701 e. The third-order valence-corrected chi connectivity index (χ3v) is 1.51. The van der Waals surface area contributed by atoms with E-state index in [-0.39, 0.29) is 0 Å². The summed E-state index contributed by atoms with van der Waals surface area (Å²) in [6.45, 7) is 0. The van der Waals surface area contributed by atoms with Gasteiger partial charge in [-0.1, -0.05) is 24.3 Å². The fourth-order valence-electron chi connectivity index (χ4n) is 1.02. The molecular weight excluding hydrogens is 194 g/mol. The molecule has 0 aliphatic heterocycles. The van der Waals surface area contributed by atoms with Crippen molar-refractivity contribution in [1.29, 1.82) is 0 Å². The fraction of sp³-hybridized carbons (Fsp3) is 0. The van der Waals surface area contributed by atoms with Crippen LogP contribution in [-0.4, -0.2) is 9.17 Å². The van der Waals surface area contributed by atoms with Crippen LogP contribution in [0.3, 0.4) is 0 Å². The van der Waals surface area contributed by atoms with Crippen LogP contribution in [0.15, 0.2) is 42.6 Å². The van der Waals surface area contributed by atoms with Gasteiger partial charge in [-0.2, -0.15) is 0 Å². The summed E-state index contributed by atoms with van der Waals surface area (Å²) in [6.07, 6.45) is 1.81. The number of nitrogens with zero attached hydrogens (tertiary/aromatic N) is 1. The van der Waals surface area contributed by atoms with Gasteiger partial charge >= 0.3 is 20.5 Å². The van der Waals surface area contributed by atoms with Gasteiger partial charge in [-0.3, -0.25) is 4.98 Å². The Hall–Kier alpha value is -0.891. The normalized spacial score (nSPS) is 8.83. The third-order valence-electron chi connectivity index (χ3n) is 1.51. The molecule has 0 aliphatic rings. The average Bonchev–Trinajstić information content (AvgIpc) is 2.21. The first-order valence-corrected chi connectivity index (χ1v) is 3.92. The van der Waals surface area contributed by atoms with E-state index in [2.05, 4.69) is 33.5 Å². The Morgan fingerprint density at radius 3 is 2.42 bits per heavy atom. The molecule has 2 nitrogen and oxygen atoms in total. The maximum absolute atomic E-state index is 6.75. The molecule has 0 atom stereocenters. The van der Waals surface area contributed by atoms with Crippen LogP contribution in [-0.2, 0) is 16.3 Å². The summed E-state index contributed by atoms with van der Waals surface area (Å²) in [6, 6.07) is 12.1. The number of benzene rings is 1. The summed E-state index contributed by atoms with van der Waals surface area (Å²) in [4.78, 5) is 4.18. The van der Waals surface area contributed by atoms with E-state index in [1.165, 1.54) is 5.39 Å². The molecular formula is C9H8FeNO. The van der Waals surface area contributed by atoms with Crippen LogP contribution in [0.25, 0.3) is 10.9 Å². The molecule has 0 saturated heterocycles. The van der Waals surface area contributed by atoms with Crippen molar-refractivity contribution in [3.63, 3.8) is 0 Å². The van der Waals surface area contributed by atoms with E-state index in [4.69, 9.17) is 4.19 Å². The second-order valence-corrected chi connectivity index (χ2v) is 2.20. The molecule has 0 saturated carbocycles. The molecule has 0 spiro atoms. The van der Waals surface area contributed by atoms with Gasteiger partial charge in [0, 0.05) is 11.6 Å². The van der Waals surface area contributed by atoms with Gasteiger partial charge < -0.3 is 0 Å². The number of rotatable bonds is 0. The SMILES string of the molecule is [OH][Fe].c1ccc2ncccc2c1. The van der Waals surface area contributed by atoms with E-state index < -0.39 is 0 Å². The maximum Gasteiger partial charge on any atom is 0.0701 e. The van der Waals surface area contributed by atoms with Gasteiger partial charge in [-0.15, -0.1) is 0 Å². The predicted octanol–water partition coefficient (Wildman–Crippen LogP) is 1.68. The topological polar surface area (TPSA) is 33.1 Å². The van der Waals surface area contributed by atoms with Gasteiger partial charge in [-0.25, -0.2) is 0 Å². The minimum atomic E-state index is 1.06. The largest absolute Gasteiger partial charge is 0.256 e. The van der Waals surface area contributed by atoms with Crippen LogP contribution < -0.4 is 0 Å². The van der Waals surface area contributed by atoms with Crippen molar-refractivity contribution < 1.29 is 20.5 Å². The Labute approximate surface area is 79.4 Å². The Morgan fingerprint density at radius 2 is 1.67 bits per heavy atom. The van der Waals surface area contributed by atoms with E-state index in [1.54, 1.807) is 0 Å². The van der Waals surface area contributed by atoms with Crippen LogP contribution in [0.1, 0.15) is 0 Å². The zero-order chi connectivity index (χ0) is 8.81. The van der Waals surface area contributed by atoms with Crippen molar-refractivity contribution in [3.05, 3.63) is 42.6 Å². The maximum atomic E-state index is 6.75. The van der Waals surface area contributed by atoms with Crippen molar-refractivity contribution in [3.8, 4) is 0 Å². The van der Waals surface area contributed by atoms with Gasteiger partial charge in [0.1, 0.15) is 0 Å². The molecule has 2 rings (SSSR count). The Balaban J connectivity index is 0.000000336. The molecule has 2 aromatic rings. The zero-order valence-corrected chi connectivity index (χ0v) is 7.39. The number of hydrogen-bond donors (Lipinski definition) is 1. The fourth-order valence-corrected chi connectivity index (χ4v) is 1.02. The molecule has 63 valence electrons. The van der Waals surface area contributed by atoms with Crippen molar-refractivity contribution in [1.82, 2.24) is 4.98 Å². The molecule has 0 radical (unpaired) electrons. The quantitative estimate of drug-likeness (QED) is 0.659. The van der Waals surface area contributed by atoms with Crippen molar-refractivity contribution >= 4 is 10.9 Å². The summed E-state index contributed by atoms with van der Waals surface area (Å²) in [5.41, 5.74) is 1.06. The Bertz CT molecular complexity index is 286. The van der Waals surface area contributed by atoms with Crippen molar-refractivity contribution in [2.75, 3.05) is 0 Å². The minimum absolute atomic E-state index is 1.06. The first-order valence-electron chi connectivity index (χ1n) is 3.42. The first-order chi connectivity index (χ1) is 5.97. The van der Waals surface area contributed by atoms with Crippen LogP contribution in [0.4, 0.5) is 0 Å². The minimum Gasteiger partial charge on any atom is -0.256 e. The second kappa shape index (κ2) is 4.88. The number of fused-ring (bicyclic) bond motifs is 1. The molecule has 1 heterocycles. The van der Waals surface area contributed by atoms with Gasteiger partial charge in [0.15, 0.2) is 0 Å². The van der Waals surface area contributed by atoms with Crippen LogP contribution in [0.2, 0.25) is 0 Å². The molecule has 12 heavy (non-hydrogen) atoms. The summed E-state index contributed by atoms with van der Waals surface area (Å²) >= 11 is 2.25. The Morgan fingerprint density at radius 1 is 1.00 bits per heavy atom. The summed E-state index contributed by atoms with van der Waals surface area (Å²) < 4.78 is 6.75. The van der Waals surface area contributed by atoms with Crippen molar-refractivity contribution in [2.45, 2.75) is 0 Å². The molecule has 3 heteroatoms. The van der Waals surface area contributed by atoms with Gasteiger partial charge in [-0.05, 0) is 12.1 Å². The molecule has 0 amide bonds. The van der Waals surface area contributed by atoms with E-state index in [9.17, 15) is 0 Å². The summed E-state index contributed by atoms with van der Waals surface area (Å²) in [5.74, 6) is 0. The number of para-hydroxylation sites is 1. The standard InChI is InChI=1S/C9H7N.Fe.H2O/c1-2-6-9-8(4-1)5-3-7-10-9;;/h1-7H;;1H2/q;+1;/p-1. The van der Waals surface area contributed by atoms with Crippen molar-refractivity contribution in [2.24, 2.45) is 0 Å². The zero-order valence-electron chi connectivity index (χ0n) is 6.29. The van der Waals surface area contributed by atoms with Gasteiger partial charge in [0.05, 0.1) is 5.52 Å². The molecule has 1 aromatic carbocycles. The summed E-state index contributed by atoms with van der Waals surface area (Å²) in [7, 11) is 0. The molecule has 0 bridgehead atoms. The number of aromatic nitrogens is 1. The molecule has 0 unspecified atom stereocenters. The molecule has 1 N–H and O–H groups in total. The number of hydrogen-bond acceptors (Lipinski definition) is 2. The van der Waals surface area contributed by atoms with Gasteiger partial charge in [0.2, 0.25) is 0 Å². The van der Waals surface area contributed by atoms with Crippen LogP contribution in [0, 0.1) is 0 Å². The van der Waals surface area contributed by atoms with Gasteiger partial charge in [0.25, 0.3) is 0 Å². The summed E-state index contributed by atoms with van der Waals surface area (Å²) in [5, 5.41) is 1.20. The number of pyridine rings is 1. The monoisotopic (exact) mass is 202 g/mol. The van der Waals surface area contributed by atoms with Crippen LogP contribution in [0.5, 0.6) is 0 Å². The first kappa shape index (κ1) is 9.20. The molecule has 1 aromatic heterocycles. The van der Waals surface area contributed by atoms with E-state index in [0.717, 1.165) is 5.52 Å². The molecule has 0 fully saturated rings. The van der Waals surface area contributed by atoms with E-state index in [1.807, 2.05) is 30.5 Å². The average molecular weight is 202 g/mol. The molecule has 0 aliphatic carbocycles. The Kier molecular flexibility index (Phi) is 3.74. The van der Waals surface area contributed by atoms with E-state index >= 15 is 0 Å². The second-order valence-electron chi connectivity index (χ2n) is 2.20. The predicted molar refractivity (Wildman–Crippen MR) is 44.0 cm³/mol. The van der Waals surface area contributed by atoms with E-state index in [0.29, 0.717) is 0 Å².